The molecule has 486 valence electrons. The number of likely N-dealkylation sites (N-methyl/N-ethyl adjacent to an activating group) is 7. The van der Waals surface area contributed by atoms with E-state index in [2.05, 4.69) is 21.3 Å². The first-order chi connectivity index (χ1) is 44.0. The van der Waals surface area contributed by atoms with E-state index in [9.17, 15) is 41.4 Å². The van der Waals surface area contributed by atoms with Gasteiger partial charge in [0.2, 0.25) is 65.0 Å². The third-order valence-corrected chi connectivity index (χ3v) is 15.3. The standard InChI is InChI=1S/C62H111N11O12/c1-25-27-28-40(15)52(75)51-56(79)65-43(26-2)58(81)67(18)33-48(74)68(19)44(29-34(3)4)55(78)66-49(38(11)12)61(84)69(20)45(30-35(5)6)54(77)63-41(16)53(76)64-42(17)57(80)70(21)46(31-36(7)8)59(82)71(22)47(32-37(9)10)60(83)72(23)50(39(13)14)62(85)73(51)24/h25,27,34-47,49-52,75H,26,28-33H2,1-24H3,(H,63,77)(H,64,76)(H,65,79)(H,66,78)/b27-25+/t40-,41+,42-,43+,44+,45+,46+,47+,49+,50+,51+,52-/m1/s1/i3D3,4D3,19D3,29D2,34D. The normalized spacial score (nSPS) is 29.7. The van der Waals surface area contributed by atoms with Gasteiger partial charge in [-0.15, -0.1) is 0 Å². The molecule has 0 saturated carbocycles. The van der Waals surface area contributed by atoms with E-state index in [0.29, 0.717) is 4.90 Å². The first kappa shape index (κ1) is 57.9. The number of rotatable bonds is 15. The Bertz CT molecular complexity index is 2790. The van der Waals surface area contributed by atoms with Crippen LogP contribution in [0.1, 0.15) is 172 Å². The molecule has 0 aliphatic carbocycles. The number of allylic oxidation sites excluding steroid dienone is 2. The molecule has 0 aromatic carbocycles. The Kier molecular flexibility index (Phi) is 23.8. The summed E-state index contributed by atoms with van der Waals surface area (Å²) in [6.07, 6.45) is -3.05. The van der Waals surface area contributed by atoms with Crippen molar-refractivity contribution in [3.63, 3.8) is 0 Å². The van der Waals surface area contributed by atoms with Crippen molar-refractivity contribution in [3.8, 4) is 0 Å². The first-order valence-corrected chi connectivity index (χ1v) is 29.4. The highest BCUT2D eigenvalue weighted by molar-refractivity contribution is 5.99. The number of carbonyl (C=O) groups excluding carboxylic acids is 11. The van der Waals surface area contributed by atoms with Crippen LogP contribution >= 0.6 is 0 Å². The summed E-state index contributed by atoms with van der Waals surface area (Å²) in [6, 6.07) is -17.3. The van der Waals surface area contributed by atoms with E-state index < -0.39 is 200 Å². The molecule has 0 unspecified atom stereocenters. The molecular formula is C62H111N11O12. The van der Waals surface area contributed by atoms with Gasteiger partial charge in [0.15, 0.2) is 0 Å². The lowest BCUT2D eigenvalue weighted by Gasteiger charge is -2.41. The summed E-state index contributed by atoms with van der Waals surface area (Å²) in [6.45, 7) is 9.69. The third kappa shape index (κ3) is 21.7. The number of nitrogens with one attached hydrogen (secondary N) is 4. The Morgan fingerprint density at radius 2 is 1.02 bits per heavy atom. The van der Waals surface area contributed by atoms with Gasteiger partial charge in [0.25, 0.3) is 0 Å². The Hall–Kier alpha value is -6.13. The topological polar surface area (TPSA) is 279 Å². The number of aliphatic hydroxyl groups is 1. The van der Waals surface area contributed by atoms with Crippen molar-refractivity contribution in [2.24, 2.45) is 41.4 Å². The molecule has 12 atom stereocenters. The van der Waals surface area contributed by atoms with Gasteiger partial charge in [0, 0.05) is 65.7 Å². The van der Waals surface area contributed by atoms with Gasteiger partial charge in [0.05, 0.1) is 12.6 Å². The number of nitrogens with zero attached hydrogens (tertiary/aromatic N) is 7. The predicted molar refractivity (Wildman–Crippen MR) is 328 cm³/mol. The van der Waals surface area contributed by atoms with Crippen molar-refractivity contribution in [1.29, 1.82) is 0 Å². The zero-order valence-corrected chi connectivity index (χ0v) is 54.3. The molecule has 1 rings (SSSR count). The third-order valence-electron chi connectivity index (χ3n) is 15.3. The van der Waals surface area contributed by atoms with Crippen molar-refractivity contribution >= 4 is 65.0 Å². The van der Waals surface area contributed by atoms with Gasteiger partial charge in [0.1, 0.15) is 60.4 Å². The minimum atomic E-state index is -4.49. The molecule has 23 heteroatoms. The fraction of sp³-hybridized carbons (Fsp3) is 0.790. The van der Waals surface area contributed by atoms with E-state index >= 15 is 19.2 Å². The molecule has 1 saturated heterocycles. The number of aliphatic hydroxyl groups excluding tert-OH is 1. The second kappa shape index (κ2) is 34.9. The van der Waals surface area contributed by atoms with Gasteiger partial charge in [-0.1, -0.05) is 109 Å². The summed E-state index contributed by atoms with van der Waals surface area (Å²) in [7, 11) is 7.31. The monoisotopic (exact) mass is 1210 g/mol. The number of hydrogen-bond donors (Lipinski definition) is 5. The Balaban J connectivity index is 4.76. The van der Waals surface area contributed by atoms with E-state index in [4.69, 9.17) is 13.7 Å². The van der Waals surface area contributed by atoms with Crippen LogP contribution in [0.15, 0.2) is 12.2 Å². The second-order valence-electron chi connectivity index (χ2n) is 24.6. The van der Waals surface area contributed by atoms with Crippen LogP contribution in [0.5, 0.6) is 0 Å². The molecule has 1 fully saturated rings. The predicted octanol–water partition coefficient (Wildman–Crippen LogP) is 3.27. The van der Waals surface area contributed by atoms with Crippen LogP contribution in [0.4, 0.5) is 0 Å². The maximum Gasteiger partial charge on any atom is 0.246 e. The first-order valence-electron chi connectivity index (χ1n) is 35.4. The summed E-state index contributed by atoms with van der Waals surface area (Å²) in [5.74, 6) is -20.4. The number of hydrogen-bond acceptors (Lipinski definition) is 12. The van der Waals surface area contributed by atoms with Crippen LogP contribution in [0, 0.1) is 41.4 Å². The molecule has 11 amide bonds. The lowest BCUT2D eigenvalue weighted by molar-refractivity contribution is -0.157. The van der Waals surface area contributed by atoms with Crippen LogP contribution in [0.3, 0.4) is 0 Å². The Morgan fingerprint density at radius 3 is 1.49 bits per heavy atom. The van der Waals surface area contributed by atoms with Crippen molar-refractivity contribution in [1.82, 2.24) is 55.6 Å². The largest absolute Gasteiger partial charge is 0.390 e. The summed E-state index contributed by atoms with van der Waals surface area (Å²) < 4.78 is 103. The molecule has 5 N–H and O–H groups in total. The molecule has 0 spiro atoms. The molecule has 0 bridgehead atoms. The van der Waals surface area contributed by atoms with Crippen molar-refractivity contribution in [3.05, 3.63) is 12.2 Å². The molecule has 1 heterocycles. The highest BCUT2D eigenvalue weighted by atomic mass is 16.3. The van der Waals surface area contributed by atoms with E-state index in [1.54, 1.807) is 81.4 Å². The summed E-state index contributed by atoms with van der Waals surface area (Å²) in [5.41, 5.74) is 0. The van der Waals surface area contributed by atoms with Crippen molar-refractivity contribution in [2.75, 3.05) is 55.8 Å². The number of amides is 11. The van der Waals surface area contributed by atoms with Crippen LogP contribution in [-0.4, -0.2) is 227 Å². The lowest BCUT2D eigenvalue weighted by atomic mass is 9.91. The minimum Gasteiger partial charge on any atom is -0.390 e. The van der Waals surface area contributed by atoms with Crippen molar-refractivity contribution < 1.29 is 74.3 Å². The quantitative estimate of drug-likeness (QED) is 0.148. The summed E-state index contributed by atoms with van der Waals surface area (Å²) >= 11 is 0. The zero-order valence-electron chi connectivity index (χ0n) is 66.3. The van der Waals surface area contributed by atoms with Gasteiger partial charge < -0.3 is 60.7 Å². The summed E-state index contributed by atoms with van der Waals surface area (Å²) in [5, 5.41) is 21.9. The zero-order chi connectivity index (χ0) is 76.2. The van der Waals surface area contributed by atoms with Gasteiger partial charge in [-0.2, -0.15) is 0 Å². The fourth-order valence-corrected chi connectivity index (χ4v) is 10.1. The van der Waals surface area contributed by atoms with Crippen LogP contribution in [0.25, 0.3) is 0 Å². The Morgan fingerprint density at radius 1 is 0.553 bits per heavy atom. The molecule has 0 radical (unpaired) electrons. The average Bonchev–Trinajstić information content (AvgIpc) is 0.712. The molecule has 23 nitrogen and oxygen atoms in total. The molecule has 1 aliphatic heterocycles. The van der Waals surface area contributed by atoms with E-state index in [-0.39, 0.29) is 43.9 Å². The van der Waals surface area contributed by atoms with E-state index in [0.717, 1.165) is 33.7 Å². The van der Waals surface area contributed by atoms with Gasteiger partial charge in [-0.25, -0.2) is 0 Å². The maximum absolute atomic E-state index is 15.2. The molecule has 0 aromatic rings. The van der Waals surface area contributed by atoms with Crippen LogP contribution < -0.4 is 21.3 Å². The van der Waals surface area contributed by atoms with Gasteiger partial charge >= 0.3 is 0 Å². The molecule has 0 aromatic heterocycles. The Labute approximate surface area is 525 Å². The highest BCUT2D eigenvalue weighted by Crippen LogP contribution is 2.26. The second-order valence-corrected chi connectivity index (χ2v) is 24.6. The number of carbonyl (C=O) groups is 11. The molecule has 1 aliphatic rings. The smallest absolute Gasteiger partial charge is 0.246 e. The summed E-state index contributed by atoms with van der Waals surface area (Å²) in [4.78, 5) is 168. The van der Waals surface area contributed by atoms with E-state index in [1.807, 2.05) is 0 Å². The average molecular weight is 1210 g/mol. The van der Waals surface area contributed by atoms with Gasteiger partial charge in [-0.3, -0.25) is 52.7 Å². The van der Waals surface area contributed by atoms with E-state index in [1.165, 1.54) is 67.7 Å². The lowest BCUT2D eigenvalue weighted by Crippen LogP contribution is -2.63. The maximum atomic E-state index is 15.2. The highest BCUT2D eigenvalue weighted by Gasteiger charge is 2.45. The van der Waals surface area contributed by atoms with Crippen LogP contribution in [-0.2, 0) is 52.7 Å². The van der Waals surface area contributed by atoms with Crippen molar-refractivity contribution in [2.45, 2.75) is 223 Å². The fourth-order valence-electron chi connectivity index (χ4n) is 10.1. The SMILES string of the molecule is [2H]C([2H])([2H])N1C(=O)CN(C)C(=O)[C@H](CC)NC(=O)[C@H]([C@H](O)[C@H](C)C/C=C/C)N(C)C(=O)[C@H](C(C)C)N(C)C(=O)[C@H](CC(C)C)N(C)C(=O)[C@H](CC(C)C)N(C)C(=O)[C@@H](C)NC(=O)[C@H](C)NC(=O)[C@H](CC(C)C)N(C)C(=O)[C@H](C(C)C)NC(=O)[C@@H]1C([2H])([2H])C([2H])(C([2H])([2H])[2H])C([2H])([2H])[2H]. The molecule has 85 heavy (non-hydrogen) atoms. The minimum absolute atomic E-state index is 0.0432. The van der Waals surface area contributed by atoms with Crippen LogP contribution in [0.2, 0.25) is 0 Å². The molecular weight excluding hydrogens is 1090 g/mol. The van der Waals surface area contributed by atoms with Gasteiger partial charge in [-0.05, 0) is 101 Å².